The van der Waals surface area contributed by atoms with Gasteiger partial charge in [-0.15, -0.1) is 0 Å². The highest BCUT2D eigenvalue weighted by Gasteiger charge is 2.02. The maximum Gasteiger partial charge on any atom is 0.257 e. The number of aromatic amines is 1. The third-order valence-electron chi connectivity index (χ3n) is 3.47. The van der Waals surface area contributed by atoms with Crippen molar-refractivity contribution in [2.45, 2.75) is 13.8 Å². The first-order valence-corrected chi connectivity index (χ1v) is 6.87. The van der Waals surface area contributed by atoms with Crippen LogP contribution in [0.2, 0.25) is 0 Å². The molecule has 3 nitrogen and oxygen atoms in total. The zero-order valence-electron chi connectivity index (χ0n) is 12.1. The molecule has 21 heavy (non-hydrogen) atoms. The number of fused-ring (bicyclic) bond motifs is 1. The smallest absolute Gasteiger partial charge is 0.257 e. The van der Waals surface area contributed by atoms with Gasteiger partial charge in [-0.3, -0.25) is 9.79 Å². The summed E-state index contributed by atoms with van der Waals surface area (Å²) in [5.41, 5.74) is 4.39. The van der Waals surface area contributed by atoms with Gasteiger partial charge in [-0.1, -0.05) is 30.3 Å². The minimum absolute atomic E-state index is 0.117. The third-order valence-corrected chi connectivity index (χ3v) is 3.47. The molecular formula is C18H16N2O. The number of aryl methyl sites for hydroxylation is 2. The highest BCUT2D eigenvalue weighted by Crippen LogP contribution is 2.16. The summed E-state index contributed by atoms with van der Waals surface area (Å²) in [6, 6.07) is 15.7. The van der Waals surface area contributed by atoms with Gasteiger partial charge in [0, 0.05) is 6.21 Å². The van der Waals surface area contributed by atoms with Crippen LogP contribution >= 0.6 is 0 Å². The number of hydrogen-bond donors (Lipinski definition) is 1. The average Bonchev–Trinajstić information content (AvgIpc) is 2.46. The van der Waals surface area contributed by atoms with Crippen molar-refractivity contribution in [2.75, 3.05) is 0 Å². The number of pyridine rings is 1. The summed E-state index contributed by atoms with van der Waals surface area (Å²) in [6.45, 7) is 4.00. The number of H-pyrrole nitrogens is 1. The summed E-state index contributed by atoms with van der Waals surface area (Å²) in [7, 11) is 0. The number of rotatable bonds is 2. The van der Waals surface area contributed by atoms with E-state index >= 15 is 0 Å². The molecule has 0 amide bonds. The monoisotopic (exact) mass is 276 g/mol. The first-order chi connectivity index (χ1) is 10.1. The Bertz CT molecular complexity index is 891. The van der Waals surface area contributed by atoms with Crippen LogP contribution < -0.4 is 5.56 Å². The molecule has 0 saturated carbocycles. The van der Waals surface area contributed by atoms with Crippen molar-refractivity contribution in [3.05, 3.63) is 75.6 Å². The normalized spacial score (nSPS) is 11.3. The summed E-state index contributed by atoms with van der Waals surface area (Å²) in [4.78, 5) is 19.4. The predicted octanol–water partition coefficient (Wildman–Crippen LogP) is 3.90. The van der Waals surface area contributed by atoms with Gasteiger partial charge in [0.25, 0.3) is 5.56 Å². The van der Waals surface area contributed by atoms with Crippen molar-refractivity contribution >= 4 is 22.8 Å². The summed E-state index contributed by atoms with van der Waals surface area (Å²) in [5.74, 6) is 0. The number of nitrogens with one attached hydrogen (secondary N) is 1. The van der Waals surface area contributed by atoms with E-state index in [0.29, 0.717) is 5.56 Å². The first-order valence-electron chi connectivity index (χ1n) is 6.87. The van der Waals surface area contributed by atoms with Gasteiger partial charge in [0.2, 0.25) is 0 Å². The van der Waals surface area contributed by atoms with E-state index in [1.165, 1.54) is 0 Å². The molecular weight excluding hydrogens is 260 g/mol. The second kappa shape index (κ2) is 5.37. The molecule has 0 bridgehead atoms. The number of aliphatic imine (C=N–C) groups is 1. The molecule has 1 heterocycles. The molecule has 3 aromatic rings. The molecule has 0 aliphatic heterocycles. The highest BCUT2D eigenvalue weighted by atomic mass is 16.1. The molecule has 1 N–H and O–H groups in total. The van der Waals surface area contributed by atoms with Crippen LogP contribution in [0.15, 0.2) is 58.3 Å². The lowest BCUT2D eigenvalue weighted by Crippen LogP contribution is -2.12. The molecule has 3 rings (SSSR count). The van der Waals surface area contributed by atoms with Crippen LogP contribution in [-0.4, -0.2) is 11.2 Å². The van der Waals surface area contributed by atoms with E-state index in [1.807, 2.05) is 62.4 Å². The van der Waals surface area contributed by atoms with Crippen LogP contribution in [-0.2, 0) is 0 Å². The summed E-state index contributed by atoms with van der Waals surface area (Å²) >= 11 is 0. The van der Waals surface area contributed by atoms with Gasteiger partial charge < -0.3 is 4.98 Å². The van der Waals surface area contributed by atoms with Crippen LogP contribution in [0, 0.1) is 13.8 Å². The van der Waals surface area contributed by atoms with E-state index in [2.05, 4.69) is 9.98 Å². The molecule has 1 aromatic heterocycles. The zero-order chi connectivity index (χ0) is 14.8. The van der Waals surface area contributed by atoms with E-state index in [-0.39, 0.29) is 5.56 Å². The van der Waals surface area contributed by atoms with Crippen LogP contribution in [0.25, 0.3) is 10.9 Å². The molecule has 0 atom stereocenters. The van der Waals surface area contributed by atoms with E-state index < -0.39 is 0 Å². The van der Waals surface area contributed by atoms with Crippen molar-refractivity contribution < 1.29 is 0 Å². The molecule has 0 fully saturated rings. The number of benzene rings is 2. The van der Waals surface area contributed by atoms with Crippen LogP contribution in [0.1, 0.15) is 16.7 Å². The predicted molar refractivity (Wildman–Crippen MR) is 87.7 cm³/mol. The van der Waals surface area contributed by atoms with Gasteiger partial charge in [0.05, 0.1) is 16.8 Å². The Balaban J connectivity index is 2.05. The highest BCUT2D eigenvalue weighted by molar-refractivity contribution is 5.89. The largest absolute Gasteiger partial charge is 0.321 e. The Labute approximate surface area is 123 Å². The number of para-hydroxylation sites is 1. The fraction of sp³-hybridized carbons (Fsp3) is 0.111. The van der Waals surface area contributed by atoms with Crippen molar-refractivity contribution in [1.29, 1.82) is 0 Å². The summed E-state index contributed by atoms with van der Waals surface area (Å²) in [5, 5.41) is 1.01. The Morgan fingerprint density at radius 2 is 1.86 bits per heavy atom. The maximum absolute atomic E-state index is 12.1. The molecule has 0 aliphatic rings. The van der Waals surface area contributed by atoms with Crippen LogP contribution in [0.3, 0.4) is 0 Å². The molecule has 104 valence electrons. The van der Waals surface area contributed by atoms with Gasteiger partial charge in [0.15, 0.2) is 0 Å². The van der Waals surface area contributed by atoms with Crippen LogP contribution in [0.5, 0.6) is 0 Å². The topological polar surface area (TPSA) is 45.2 Å². The Hall–Kier alpha value is -2.68. The molecule has 0 unspecified atom stereocenters. The van der Waals surface area contributed by atoms with Crippen molar-refractivity contribution in [3.63, 3.8) is 0 Å². The lowest BCUT2D eigenvalue weighted by molar-refractivity contribution is 1.27. The number of aromatic nitrogens is 1. The van der Waals surface area contributed by atoms with E-state index in [1.54, 1.807) is 6.21 Å². The minimum atomic E-state index is -0.117. The van der Waals surface area contributed by atoms with Crippen LogP contribution in [0.4, 0.5) is 5.69 Å². The lowest BCUT2D eigenvalue weighted by atomic mass is 10.1. The standard InChI is InChI=1S/C18H16N2O/c1-12-5-3-8-16(9-12)19-11-15-10-14-7-4-6-13(2)17(14)20-18(15)21/h3-11H,1-2H3,(H,20,21). The zero-order valence-corrected chi connectivity index (χ0v) is 12.1. The quantitative estimate of drug-likeness (QED) is 0.709. The SMILES string of the molecule is Cc1cccc(N=Cc2cc3cccc(C)c3[nH]c2=O)c1. The first kappa shape index (κ1) is 13.3. The van der Waals surface area contributed by atoms with Gasteiger partial charge >= 0.3 is 0 Å². The van der Waals surface area contributed by atoms with Gasteiger partial charge in [-0.05, 0) is 48.6 Å². The fourth-order valence-electron chi connectivity index (χ4n) is 2.35. The second-order valence-electron chi connectivity index (χ2n) is 5.19. The third kappa shape index (κ3) is 2.77. The fourth-order valence-corrected chi connectivity index (χ4v) is 2.35. The maximum atomic E-state index is 12.1. The van der Waals surface area contributed by atoms with Crippen molar-refractivity contribution in [3.8, 4) is 0 Å². The number of nitrogens with zero attached hydrogens (tertiary/aromatic N) is 1. The molecule has 0 spiro atoms. The molecule has 0 radical (unpaired) electrons. The van der Waals surface area contributed by atoms with Crippen molar-refractivity contribution in [2.24, 2.45) is 4.99 Å². The molecule has 2 aromatic carbocycles. The summed E-state index contributed by atoms with van der Waals surface area (Å²) < 4.78 is 0. The van der Waals surface area contributed by atoms with Gasteiger partial charge in [-0.2, -0.15) is 0 Å². The molecule has 0 aliphatic carbocycles. The van der Waals surface area contributed by atoms with E-state index in [0.717, 1.165) is 27.7 Å². The van der Waals surface area contributed by atoms with Crippen molar-refractivity contribution in [1.82, 2.24) is 4.98 Å². The van der Waals surface area contributed by atoms with E-state index in [9.17, 15) is 4.79 Å². The lowest BCUT2D eigenvalue weighted by Gasteiger charge is -2.02. The van der Waals surface area contributed by atoms with E-state index in [4.69, 9.17) is 0 Å². The number of hydrogen-bond acceptors (Lipinski definition) is 2. The second-order valence-corrected chi connectivity index (χ2v) is 5.19. The van der Waals surface area contributed by atoms with Gasteiger partial charge in [0.1, 0.15) is 0 Å². The molecule has 0 saturated heterocycles. The van der Waals surface area contributed by atoms with Gasteiger partial charge in [-0.25, -0.2) is 0 Å². The summed E-state index contributed by atoms with van der Waals surface area (Å²) in [6.07, 6.45) is 1.62. The Kier molecular flexibility index (Phi) is 3.40. The molecule has 3 heteroatoms. The average molecular weight is 276 g/mol. The minimum Gasteiger partial charge on any atom is -0.321 e. The Morgan fingerprint density at radius 3 is 2.67 bits per heavy atom. The Morgan fingerprint density at radius 1 is 1.05 bits per heavy atom.